The number of phenols is 1. The number of fused-ring (bicyclic) bond motifs is 3. The first kappa shape index (κ1) is 16.8. The first-order valence-electron chi connectivity index (χ1n) is 8.97. The zero-order valence-electron chi connectivity index (χ0n) is 14.0. The fourth-order valence-electron chi connectivity index (χ4n) is 4.27. The Balaban J connectivity index is 1.67. The van der Waals surface area contributed by atoms with Crippen molar-refractivity contribution in [2.45, 2.75) is 51.2 Å². The number of hydrogen-bond acceptors (Lipinski definition) is 3. The number of nitrogens with zero attached hydrogens (tertiary/aromatic N) is 1. The Kier molecular flexibility index (Phi) is 4.18. The number of alkyl halides is 3. The molecule has 2 aromatic rings. The molecule has 0 unspecified atom stereocenters. The molecule has 0 amide bonds. The Morgan fingerprint density at radius 2 is 1.96 bits per heavy atom. The third-order valence-electron chi connectivity index (χ3n) is 5.55. The minimum absolute atomic E-state index is 0.000625. The van der Waals surface area contributed by atoms with Crippen LogP contribution in [0.2, 0.25) is 0 Å². The lowest BCUT2D eigenvalue weighted by Crippen LogP contribution is -2.41. The van der Waals surface area contributed by atoms with Crippen LogP contribution >= 0.6 is 0 Å². The van der Waals surface area contributed by atoms with Crippen molar-refractivity contribution in [1.29, 1.82) is 0 Å². The van der Waals surface area contributed by atoms with E-state index in [9.17, 15) is 18.3 Å². The maximum Gasteiger partial charge on any atom is 0.393 e. The molecular formula is C19H22F3NO2. The van der Waals surface area contributed by atoms with Gasteiger partial charge in [-0.25, -0.2) is 0 Å². The number of hydrogen-bond donors (Lipinski definition) is 1. The van der Waals surface area contributed by atoms with Gasteiger partial charge in [0, 0.05) is 36.0 Å². The molecule has 6 heteroatoms. The number of halogens is 3. The zero-order valence-corrected chi connectivity index (χ0v) is 14.0. The van der Waals surface area contributed by atoms with Crippen LogP contribution in [-0.4, -0.2) is 29.3 Å². The van der Waals surface area contributed by atoms with Crippen LogP contribution in [-0.2, 0) is 19.4 Å². The predicted molar refractivity (Wildman–Crippen MR) is 88.6 cm³/mol. The molecule has 0 spiro atoms. The second-order valence-corrected chi connectivity index (χ2v) is 7.26. The number of aryl methyl sites for hydroxylation is 2. The SMILES string of the molecule is Oc1ccc2oc3c(c2c1CN1CCC[C@H](C(F)(F)F)C1)CCCC3. The van der Waals surface area contributed by atoms with E-state index >= 15 is 0 Å². The summed E-state index contributed by atoms with van der Waals surface area (Å²) in [6.45, 7) is 0.962. The van der Waals surface area contributed by atoms with Crippen molar-refractivity contribution in [2.75, 3.05) is 13.1 Å². The predicted octanol–water partition coefficient (Wildman–Crippen LogP) is 4.79. The fraction of sp³-hybridized carbons (Fsp3) is 0.579. The first-order chi connectivity index (χ1) is 11.9. The molecule has 136 valence electrons. The molecule has 25 heavy (non-hydrogen) atoms. The average molecular weight is 353 g/mol. The number of aromatic hydroxyl groups is 1. The molecule has 2 heterocycles. The molecule has 0 saturated carbocycles. The van der Waals surface area contributed by atoms with Gasteiger partial charge in [0.05, 0.1) is 5.92 Å². The maximum atomic E-state index is 13.1. The first-order valence-corrected chi connectivity index (χ1v) is 8.97. The molecule has 0 radical (unpaired) electrons. The number of phenolic OH excluding ortho intramolecular Hbond substituents is 1. The van der Waals surface area contributed by atoms with Crippen LogP contribution in [0.4, 0.5) is 13.2 Å². The van der Waals surface area contributed by atoms with Crippen LogP contribution in [0.1, 0.15) is 42.6 Å². The summed E-state index contributed by atoms with van der Waals surface area (Å²) in [5.74, 6) is -0.156. The van der Waals surface area contributed by atoms with E-state index in [1.165, 1.54) is 0 Å². The molecule has 1 aromatic heterocycles. The lowest BCUT2D eigenvalue weighted by atomic mass is 9.92. The highest BCUT2D eigenvalue weighted by Gasteiger charge is 2.41. The molecule has 2 aliphatic rings. The van der Waals surface area contributed by atoms with E-state index in [0.29, 0.717) is 25.1 Å². The van der Waals surface area contributed by atoms with Gasteiger partial charge in [0.2, 0.25) is 0 Å². The summed E-state index contributed by atoms with van der Waals surface area (Å²) >= 11 is 0. The summed E-state index contributed by atoms with van der Waals surface area (Å²) in [5, 5.41) is 11.3. The van der Waals surface area contributed by atoms with Gasteiger partial charge in [-0.05, 0) is 50.8 Å². The van der Waals surface area contributed by atoms with E-state index in [1.807, 2.05) is 4.90 Å². The molecule has 1 atom stereocenters. The van der Waals surface area contributed by atoms with Crippen molar-refractivity contribution in [2.24, 2.45) is 5.92 Å². The smallest absolute Gasteiger partial charge is 0.393 e. The van der Waals surface area contributed by atoms with Gasteiger partial charge in [-0.1, -0.05) is 0 Å². The van der Waals surface area contributed by atoms with Crippen molar-refractivity contribution < 1.29 is 22.7 Å². The maximum absolute atomic E-state index is 13.1. The fourth-order valence-corrected chi connectivity index (χ4v) is 4.27. The van der Waals surface area contributed by atoms with Gasteiger partial charge in [0.25, 0.3) is 0 Å². The minimum Gasteiger partial charge on any atom is -0.508 e. The van der Waals surface area contributed by atoms with Crippen LogP contribution in [0, 0.1) is 5.92 Å². The zero-order chi connectivity index (χ0) is 17.6. The molecule has 1 aliphatic carbocycles. The van der Waals surface area contributed by atoms with Gasteiger partial charge >= 0.3 is 6.18 Å². The highest BCUT2D eigenvalue weighted by Crippen LogP contribution is 2.39. The highest BCUT2D eigenvalue weighted by atomic mass is 19.4. The normalized spacial score (nSPS) is 22.3. The van der Waals surface area contributed by atoms with Crippen molar-refractivity contribution in [3.05, 3.63) is 29.0 Å². The van der Waals surface area contributed by atoms with Gasteiger partial charge in [0.15, 0.2) is 0 Å². The molecule has 1 N–H and O–H groups in total. The van der Waals surface area contributed by atoms with Crippen molar-refractivity contribution in [1.82, 2.24) is 4.90 Å². The van der Waals surface area contributed by atoms with Crippen LogP contribution in [0.3, 0.4) is 0 Å². The van der Waals surface area contributed by atoms with Crippen LogP contribution in [0.25, 0.3) is 11.0 Å². The lowest BCUT2D eigenvalue weighted by Gasteiger charge is -2.34. The third-order valence-corrected chi connectivity index (χ3v) is 5.55. The quantitative estimate of drug-likeness (QED) is 0.843. The second-order valence-electron chi connectivity index (χ2n) is 7.26. The summed E-state index contributed by atoms with van der Waals surface area (Å²) in [6.07, 6.45) is 0.543. The molecule has 1 saturated heterocycles. The third kappa shape index (κ3) is 3.12. The summed E-state index contributed by atoms with van der Waals surface area (Å²) in [7, 11) is 0. The van der Waals surface area contributed by atoms with Crippen LogP contribution in [0.15, 0.2) is 16.5 Å². The van der Waals surface area contributed by atoms with Gasteiger partial charge in [-0.15, -0.1) is 0 Å². The van der Waals surface area contributed by atoms with E-state index in [-0.39, 0.29) is 18.7 Å². The number of furan rings is 1. The van der Waals surface area contributed by atoms with Gasteiger partial charge in [0.1, 0.15) is 17.1 Å². The minimum atomic E-state index is -4.15. The van der Waals surface area contributed by atoms with E-state index < -0.39 is 12.1 Å². The molecule has 4 rings (SSSR count). The Hall–Kier alpha value is -1.69. The van der Waals surface area contributed by atoms with E-state index in [2.05, 4.69) is 0 Å². The highest BCUT2D eigenvalue weighted by molar-refractivity contribution is 5.88. The molecule has 0 bridgehead atoms. The summed E-state index contributed by atoms with van der Waals surface area (Å²) in [6, 6.07) is 3.36. The van der Waals surface area contributed by atoms with E-state index in [1.54, 1.807) is 12.1 Å². The van der Waals surface area contributed by atoms with Crippen LogP contribution < -0.4 is 0 Å². The Morgan fingerprint density at radius 1 is 1.16 bits per heavy atom. The number of piperidine rings is 1. The second kappa shape index (κ2) is 6.24. The largest absolute Gasteiger partial charge is 0.508 e. The van der Waals surface area contributed by atoms with Crippen molar-refractivity contribution in [3.8, 4) is 5.75 Å². The van der Waals surface area contributed by atoms with Gasteiger partial charge in [-0.3, -0.25) is 4.90 Å². The Bertz CT molecular complexity index is 781. The van der Waals surface area contributed by atoms with Crippen LogP contribution in [0.5, 0.6) is 5.75 Å². The van der Waals surface area contributed by atoms with Crippen molar-refractivity contribution in [3.63, 3.8) is 0 Å². The molecule has 1 aliphatic heterocycles. The Morgan fingerprint density at radius 3 is 2.76 bits per heavy atom. The monoisotopic (exact) mass is 353 g/mol. The molecular weight excluding hydrogens is 331 g/mol. The van der Waals surface area contributed by atoms with E-state index in [0.717, 1.165) is 48.0 Å². The molecule has 3 nitrogen and oxygen atoms in total. The standard InChI is InChI=1S/C19H22F3NO2/c20-19(21,22)12-4-3-9-23(10-12)11-14-15(24)7-8-17-18(14)13-5-1-2-6-16(13)25-17/h7-8,12,24H,1-6,9-11H2/t12-/m0/s1. The molecule has 1 fully saturated rings. The number of rotatable bonds is 2. The average Bonchev–Trinajstić information content (AvgIpc) is 2.96. The van der Waals surface area contributed by atoms with E-state index in [4.69, 9.17) is 4.42 Å². The van der Waals surface area contributed by atoms with Gasteiger partial charge < -0.3 is 9.52 Å². The summed E-state index contributed by atoms with van der Waals surface area (Å²) in [4.78, 5) is 1.82. The lowest BCUT2D eigenvalue weighted by molar-refractivity contribution is -0.187. The number of likely N-dealkylation sites (tertiary alicyclic amines) is 1. The van der Waals surface area contributed by atoms with Crippen molar-refractivity contribution >= 4 is 11.0 Å². The summed E-state index contributed by atoms with van der Waals surface area (Å²) < 4.78 is 45.2. The molecule has 1 aromatic carbocycles. The topological polar surface area (TPSA) is 36.6 Å². The summed E-state index contributed by atoms with van der Waals surface area (Å²) in [5.41, 5.74) is 2.59. The Labute approximate surface area is 144 Å². The van der Waals surface area contributed by atoms with Gasteiger partial charge in [-0.2, -0.15) is 13.2 Å². The number of benzene rings is 1.